The summed E-state index contributed by atoms with van der Waals surface area (Å²) in [6.45, 7) is 5.12. The number of nitrogens with zero attached hydrogens (tertiary/aromatic N) is 1. The van der Waals surface area contributed by atoms with E-state index in [9.17, 15) is 18.8 Å². The molecule has 0 saturated carbocycles. The van der Waals surface area contributed by atoms with Crippen molar-refractivity contribution in [3.8, 4) is 0 Å². The van der Waals surface area contributed by atoms with Gasteiger partial charge in [0.25, 0.3) is 5.56 Å². The Morgan fingerprint density at radius 1 is 1.22 bits per heavy atom. The molecule has 0 atom stereocenters. The third-order valence-electron chi connectivity index (χ3n) is 3.26. The van der Waals surface area contributed by atoms with Crippen LogP contribution >= 0.6 is 0 Å². The lowest BCUT2D eigenvalue weighted by atomic mass is 10.2. The van der Waals surface area contributed by atoms with Crippen LogP contribution in [0.4, 0.5) is 16.0 Å². The lowest BCUT2D eigenvalue weighted by Crippen LogP contribution is -2.11. The van der Waals surface area contributed by atoms with Crippen molar-refractivity contribution >= 4 is 23.6 Å². The highest BCUT2D eigenvalue weighted by Crippen LogP contribution is 2.12. The van der Waals surface area contributed by atoms with Crippen LogP contribution in [0, 0.1) is 5.82 Å². The molecule has 0 radical (unpaired) electrons. The van der Waals surface area contributed by atoms with Gasteiger partial charge in [0, 0.05) is 30.8 Å². The number of aryl methyl sites for hydroxylation is 1. The Balaban J connectivity index is 0.000000314. The van der Waals surface area contributed by atoms with E-state index >= 15 is 0 Å². The molecule has 0 amide bonds. The smallest absolute Gasteiger partial charge is 0.313 e. The van der Waals surface area contributed by atoms with Crippen LogP contribution in [0.15, 0.2) is 35.1 Å². The highest BCUT2D eigenvalue weighted by Gasteiger charge is 2.03. The number of hydrogen-bond donors (Lipinski definition) is 2. The number of rotatable bonds is 6. The summed E-state index contributed by atoms with van der Waals surface area (Å²) in [7, 11) is 0. The molecule has 1 heterocycles. The monoisotopic (exact) mass is 377 g/mol. The minimum absolute atomic E-state index is 0.207. The molecule has 1 aromatic heterocycles. The van der Waals surface area contributed by atoms with E-state index in [4.69, 9.17) is 0 Å². The standard InChI is InChI=1S/C12H12FN3O.C7H12O3/c1-2-9-7-11(17)16-12(14-9)15-10-5-3-8(13)4-6-10;1-3-4-5-7(9)10-6(2)8/h3-7H,2H2,1H3,(H2,14,15,16,17);3-5H2,1-2H3. The fourth-order valence-electron chi connectivity index (χ4n) is 1.95. The summed E-state index contributed by atoms with van der Waals surface area (Å²) in [6.07, 6.45) is 2.75. The number of halogens is 1. The van der Waals surface area contributed by atoms with E-state index in [2.05, 4.69) is 20.0 Å². The first-order chi connectivity index (χ1) is 12.8. The topological polar surface area (TPSA) is 101 Å². The molecule has 0 spiro atoms. The Hall–Kier alpha value is -3.03. The van der Waals surface area contributed by atoms with Crippen LogP contribution in [-0.4, -0.2) is 21.9 Å². The molecule has 0 unspecified atom stereocenters. The van der Waals surface area contributed by atoms with E-state index in [1.165, 1.54) is 25.1 Å². The Morgan fingerprint density at radius 3 is 2.44 bits per heavy atom. The number of anilines is 2. The summed E-state index contributed by atoms with van der Waals surface area (Å²) in [5, 5.41) is 2.91. The third-order valence-corrected chi connectivity index (χ3v) is 3.26. The molecular weight excluding hydrogens is 353 g/mol. The van der Waals surface area contributed by atoms with Gasteiger partial charge < -0.3 is 10.1 Å². The first-order valence-corrected chi connectivity index (χ1v) is 8.68. The summed E-state index contributed by atoms with van der Waals surface area (Å²) < 4.78 is 17.0. The van der Waals surface area contributed by atoms with Gasteiger partial charge in [-0.3, -0.25) is 19.4 Å². The molecule has 2 N–H and O–H groups in total. The number of hydrogen-bond acceptors (Lipinski definition) is 6. The van der Waals surface area contributed by atoms with E-state index in [1.54, 1.807) is 12.1 Å². The number of aromatic amines is 1. The number of aromatic nitrogens is 2. The van der Waals surface area contributed by atoms with Gasteiger partial charge in [0.15, 0.2) is 0 Å². The molecule has 7 nitrogen and oxygen atoms in total. The maximum atomic E-state index is 12.7. The molecule has 0 saturated heterocycles. The SMILES string of the molecule is CCCCC(=O)OC(C)=O.CCc1cc(=O)[nH]c(Nc2ccc(F)cc2)n1. The second-order valence-corrected chi connectivity index (χ2v) is 5.64. The molecule has 27 heavy (non-hydrogen) atoms. The van der Waals surface area contributed by atoms with Crippen LogP contribution in [0.25, 0.3) is 0 Å². The van der Waals surface area contributed by atoms with Crippen molar-refractivity contribution in [3.63, 3.8) is 0 Å². The second kappa shape index (κ2) is 11.6. The van der Waals surface area contributed by atoms with Gasteiger partial charge in [-0.05, 0) is 37.1 Å². The first-order valence-electron chi connectivity index (χ1n) is 8.68. The van der Waals surface area contributed by atoms with E-state index in [1.807, 2.05) is 13.8 Å². The summed E-state index contributed by atoms with van der Waals surface area (Å²) >= 11 is 0. The van der Waals surface area contributed by atoms with Gasteiger partial charge in [-0.2, -0.15) is 0 Å². The lowest BCUT2D eigenvalue weighted by Gasteiger charge is -2.06. The zero-order valence-electron chi connectivity index (χ0n) is 15.7. The fourth-order valence-corrected chi connectivity index (χ4v) is 1.95. The minimum atomic E-state index is -0.527. The highest BCUT2D eigenvalue weighted by molar-refractivity contribution is 5.83. The molecule has 146 valence electrons. The fraction of sp³-hybridized carbons (Fsp3) is 0.368. The summed E-state index contributed by atoms with van der Waals surface area (Å²) in [5.41, 5.74) is 1.17. The van der Waals surface area contributed by atoms with Crippen LogP contribution in [0.2, 0.25) is 0 Å². The van der Waals surface area contributed by atoms with E-state index in [0.29, 0.717) is 30.2 Å². The first kappa shape index (κ1) is 22.0. The Morgan fingerprint density at radius 2 is 1.89 bits per heavy atom. The number of unbranched alkanes of at least 4 members (excludes halogenated alkanes) is 1. The van der Waals surface area contributed by atoms with E-state index in [0.717, 1.165) is 12.8 Å². The van der Waals surface area contributed by atoms with Crippen LogP contribution < -0.4 is 10.9 Å². The van der Waals surface area contributed by atoms with Crippen molar-refractivity contribution in [2.75, 3.05) is 5.32 Å². The Bertz CT molecular complexity index is 803. The zero-order valence-corrected chi connectivity index (χ0v) is 15.7. The van der Waals surface area contributed by atoms with Crippen molar-refractivity contribution in [2.45, 2.75) is 46.5 Å². The van der Waals surface area contributed by atoms with Crippen LogP contribution in [0.1, 0.15) is 45.7 Å². The van der Waals surface area contributed by atoms with Crippen molar-refractivity contribution in [3.05, 3.63) is 52.2 Å². The molecule has 0 fully saturated rings. The summed E-state index contributed by atoms with van der Waals surface area (Å²) in [6, 6.07) is 7.28. The molecular formula is C19H24FN3O4. The number of H-pyrrole nitrogens is 1. The van der Waals surface area contributed by atoms with Gasteiger partial charge in [0.05, 0.1) is 0 Å². The summed E-state index contributed by atoms with van der Waals surface area (Å²) in [4.78, 5) is 38.8. The van der Waals surface area contributed by atoms with Crippen molar-refractivity contribution < 1.29 is 18.7 Å². The molecule has 0 aliphatic carbocycles. The van der Waals surface area contributed by atoms with Crippen LogP contribution in [0.3, 0.4) is 0 Å². The zero-order chi connectivity index (χ0) is 20.2. The van der Waals surface area contributed by atoms with Crippen LogP contribution in [0.5, 0.6) is 0 Å². The second-order valence-electron chi connectivity index (χ2n) is 5.64. The average molecular weight is 377 g/mol. The van der Waals surface area contributed by atoms with E-state index in [-0.39, 0.29) is 11.4 Å². The molecule has 0 aliphatic rings. The van der Waals surface area contributed by atoms with Gasteiger partial charge >= 0.3 is 11.9 Å². The normalized spacial score (nSPS) is 9.78. The molecule has 0 bridgehead atoms. The molecule has 2 aromatic rings. The molecule has 2 rings (SSSR count). The third kappa shape index (κ3) is 9.29. The number of carbonyl (C=O) groups excluding carboxylic acids is 2. The van der Waals surface area contributed by atoms with Gasteiger partial charge in [-0.15, -0.1) is 0 Å². The van der Waals surface area contributed by atoms with Crippen molar-refractivity contribution in [2.24, 2.45) is 0 Å². The minimum Gasteiger partial charge on any atom is -0.393 e. The summed E-state index contributed by atoms with van der Waals surface area (Å²) in [5.74, 6) is -0.893. The number of ether oxygens (including phenoxy) is 1. The predicted molar refractivity (Wildman–Crippen MR) is 100 cm³/mol. The van der Waals surface area contributed by atoms with Crippen molar-refractivity contribution in [1.29, 1.82) is 0 Å². The highest BCUT2D eigenvalue weighted by atomic mass is 19.1. The number of nitrogens with one attached hydrogen (secondary N) is 2. The van der Waals surface area contributed by atoms with Gasteiger partial charge in [-0.25, -0.2) is 9.37 Å². The van der Waals surface area contributed by atoms with Crippen LogP contribution in [-0.2, 0) is 20.7 Å². The number of esters is 2. The maximum absolute atomic E-state index is 12.7. The van der Waals surface area contributed by atoms with Gasteiger partial charge in [0.2, 0.25) is 5.95 Å². The van der Waals surface area contributed by atoms with E-state index < -0.39 is 11.9 Å². The largest absolute Gasteiger partial charge is 0.393 e. The number of carbonyl (C=O) groups is 2. The van der Waals surface area contributed by atoms with Crippen molar-refractivity contribution in [1.82, 2.24) is 9.97 Å². The molecule has 0 aliphatic heterocycles. The Labute approximate surface area is 157 Å². The maximum Gasteiger partial charge on any atom is 0.313 e. The quantitative estimate of drug-likeness (QED) is 0.590. The Kier molecular flexibility index (Phi) is 9.42. The molecule has 8 heteroatoms. The van der Waals surface area contributed by atoms with Gasteiger partial charge in [0.1, 0.15) is 5.82 Å². The molecule has 1 aromatic carbocycles. The van der Waals surface area contributed by atoms with Gasteiger partial charge in [-0.1, -0.05) is 20.3 Å². The predicted octanol–water partition coefficient (Wildman–Crippen LogP) is 3.48. The average Bonchev–Trinajstić information content (AvgIpc) is 2.61. The number of benzene rings is 1. The lowest BCUT2D eigenvalue weighted by molar-refractivity contribution is -0.158.